The van der Waals surface area contributed by atoms with Crippen LogP contribution >= 0.6 is 0 Å². The lowest BCUT2D eigenvalue weighted by Gasteiger charge is -2.23. The summed E-state index contributed by atoms with van der Waals surface area (Å²) >= 11 is 0. The summed E-state index contributed by atoms with van der Waals surface area (Å²) in [5.41, 5.74) is 2.25. The van der Waals surface area contributed by atoms with Crippen LogP contribution in [0.4, 0.5) is 0 Å². The Kier molecular flexibility index (Phi) is 5.36. The van der Waals surface area contributed by atoms with Gasteiger partial charge < -0.3 is 9.64 Å². The highest BCUT2D eigenvalue weighted by Crippen LogP contribution is 2.26. The largest absolute Gasteiger partial charge is 0.496 e. The molecule has 1 aromatic rings. The van der Waals surface area contributed by atoms with E-state index in [4.69, 9.17) is 4.74 Å². The van der Waals surface area contributed by atoms with Crippen molar-refractivity contribution < 1.29 is 9.53 Å². The molecule has 4 heteroatoms. The van der Waals surface area contributed by atoms with Gasteiger partial charge in [0.2, 0.25) is 5.91 Å². The number of likely N-dealkylation sites (N-methyl/N-ethyl adjacent to an activating group) is 1. The number of carbonyl (C=O) groups is 1. The van der Waals surface area contributed by atoms with Gasteiger partial charge in [-0.15, -0.1) is 0 Å². The Balaban J connectivity index is 2.86. The predicted octanol–water partition coefficient (Wildman–Crippen LogP) is 2.13. The van der Waals surface area contributed by atoms with Gasteiger partial charge in [0, 0.05) is 25.7 Å². The molecule has 2 unspecified atom stereocenters. The fraction of sp³-hybridized carbons (Fsp3) is 0.533. The third-order valence-corrected chi connectivity index (χ3v) is 3.16. The second-order valence-corrected chi connectivity index (χ2v) is 5.09. The fourth-order valence-corrected chi connectivity index (χ4v) is 2.12. The number of aryl methyl sites for hydroxylation is 1. The molecular weight excluding hydrogens is 240 g/mol. The molecule has 0 fully saturated rings. The first-order valence-electron chi connectivity index (χ1n) is 6.48. The van der Waals surface area contributed by atoms with E-state index in [0.717, 1.165) is 11.3 Å². The van der Waals surface area contributed by atoms with E-state index in [1.54, 1.807) is 26.1 Å². The molecule has 4 nitrogen and oxygen atoms in total. The second kappa shape index (κ2) is 6.57. The minimum Gasteiger partial charge on any atom is -0.496 e. The van der Waals surface area contributed by atoms with Crippen molar-refractivity contribution in [2.24, 2.45) is 0 Å². The van der Waals surface area contributed by atoms with Gasteiger partial charge >= 0.3 is 0 Å². The van der Waals surface area contributed by atoms with Crippen molar-refractivity contribution in [3.8, 4) is 5.75 Å². The number of amides is 1. The summed E-state index contributed by atoms with van der Waals surface area (Å²) in [7, 11) is 5.19. The molecule has 0 radical (unpaired) electrons. The molecule has 0 aliphatic rings. The molecule has 0 aliphatic carbocycles. The number of carbonyl (C=O) groups excluding carboxylic acids is 1. The van der Waals surface area contributed by atoms with Crippen molar-refractivity contribution in [3.05, 3.63) is 29.3 Å². The Morgan fingerprint density at radius 3 is 2.47 bits per heavy atom. The minimum absolute atomic E-state index is 0.0498. The van der Waals surface area contributed by atoms with Crippen LogP contribution in [0.2, 0.25) is 0 Å². The summed E-state index contributed by atoms with van der Waals surface area (Å²) in [4.78, 5) is 13.5. The van der Waals surface area contributed by atoms with Crippen LogP contribution in [-0.2, 0) is 4.79 Å². The van der Waals surface area contributed by atoms with Crippen LogP contribution in [0.25, 0.3) is 0 Å². The number of nitrogens with one attached hydrogen (secondary N) is 1. The lowest BCUT2D eigenvalue weighted by atomic mass is 10.0. The topological polar surface area (TPSA) is 41.6 Å². The zero-order chi connectivity index (χ0) is 14.6. The third-order valence-electron chi connectivity index (χ3n) is 3.16. The fourth-order valence-electron chi connectivity index (χ4n) is 2.12. The molecule has 1 aromatic carbocycles. The summed E-state index contributed by atoms with van der Waals surface area (Å²) in [6.45, 7) is 5.96. The molecule has 1 N–H and O–H groups in total. The van der Waals surface area contributed by atoms with Crippen molar-refractivity contribution in [1.29, 1.82) is 0 Å². The molecule has 2 atom stereocenters. The Morgan fingerprint density at radius 2 is 1.95 bits per heavy atom. The summed E-state index contributed by atoms with van der Waals surface area (Å²) in [6, 6.07) is 5.89. The van der Waals surface area contributed by atoms with Gasteiger partial charge in [0.05, 0.1) is 13.2 Å². The van der Waals surface area contributed by atoms with Gasteiger partial charge in [-0.1, -0.05) is 17.7 Å². The maximum atomic E-state index is 11.9. The van der Waals surface area contributed by atoms with E-state index in [1.807, 2.05) is 32.9 Å². The van der Waals surface area contributed by atoms with Gasteiger partial charge in [-0.05, 0) is 26.8 Å². The van der Waals surface area contributed by atoms with Crippen LogP contribution in [0.15, 0.2) is 18.2 Å². The normalized spacial score (nSPS) is 13.8. The van der Waals surface area contributed by atoms with Crippen LogP contribution in [-0.4, -0.2) is 38.1 Å². The summed E-state index contributed by atoms with van der Waals surface area (Å²) in [5, 5.41) is 3.31. The van der Waals surface area contributed by atoms with Crippen molar-refractivity contribution >= 4 is 5.91 Å². The Morgan fingerprint density at radius 1 is 1.32 bits per heavy atom. The molecule has 0 aromatic heterocycles. The van der Waals surface area contributed by atoms with Gasteiger partial charge in [-0.3, -0.25) is 10.1 Å². The average Bonchev–Trinajstić information content (AvgIpc) is 2.37. The standard InChI is InChI=1S/C15H24N2O2/c1-10-7-8-14(19-6)13(9-10)11(2)16-12(3)15(18)17(4)5/h7-9,11-12,16H,1-6H3. The van der Waals surface area contributed by atoms with Crippen molar-refractivity contribution in [2.75, 3.05) is 21.2 Å². The van der Waals surface area contributed by atoms with Gasteiger partial charge in [-0.25, -0.2) is 0 Å². The van der Waals surface area contributed by atoms with Gasteiger partial charge in [0.25, 0.3) is 0 Å². The molecule has 0 saturated heterocycles. The van der Waals surface area contributed by atoms with Crippen LogP contribution in [0, 0.1) is 6.92 Å². The van der Waals surface area contributed by atoms with Gasteiger partial charge in [0.1, 0.15) is 5.75 Å². The Labute approximate surface area is 115 Å². The molecule has 0 bridgehead atoms. The van der Waals surface area contributed by atoms with Crippen molar-refractivity contribution in [1.82, 2.24) is 10.2 Å². The summed E-state index contributed by atoms with van der Waals surface area (Å²) in [5.74, 6) is 0.911. The lowest BCUT2D eigenvalue weighted by molar-refractivity contribution is -0.130. The monoisotopic (exact) mass is 264 g/mol. The highest BCUT2D eigenvalue weighted by molar-refractivity contribution is 5.81. The maximum Gasteiger partial charge on any atom is 0.238 e. The number of rotatable bonds is 5. The van der Waals surface area contributed by atoms with E-state index in [2.05, 4.69) is 11.4 Å². The number of methoxy groups -OCH3 is 1. The molecule has 0 saturated carbocycles. The number of hydrogen-bond acceptors (Lipinski definition) is 3. The number of benzene rings is 1. The van der Waals surface area contributed by atoms with Crippen LogP contribution in [0.3, 0.4) is 0 Å². The Bertz CT molecular complexity index is 444. The molecule has 19 heavy (non-hydrogen) atoms. The van der Waals surface area contributed by atoms with E-state index < -0.39 is 0 Å². The number of nitrogens with zero attached hydrogens (tertiary/aromatic N) is 1. The van der Waals surface area contributed by atoms with E-state index in [-0.39, 0.29) is 18.0 Å². The minimum atomic E-state index is -0.227. The molecular formula is C15H24N2O2. The molecule has 1 rings (SSSR count). The molecule has 106 valence electrons. The number of hydrogen-bond donors (Lipinski definition) is 1. The first-order chi connectivity index (χ1) is 8.86. The van der Waals surface area contributed by atoms with Crippen molar-refractivity contribution in [2.45, 2.75) is 32.9 Å². The van der Waals surface area contributed by atoms with Gasteiger partial charge in [-0.2, -0.15) is 0 Å². The Hall–Kier alpha value is -1.55. The zero-order valence-corrected chi connectivity index (χ0v) is 12.7. The molecule has 1 amide bonds. The third kappa shape index (κ3) is 3.96. The molecule has 0 spiro atoms. The van der Waals surface area contributed by atoms with Crippen molar-refractivity contribution in [3.63, 3.8) is 0 Å². The summed E-state index contributed by atoms with van der Waals surface area (Å²) in [6.07, 6.45) is 0. The smallest absolute Gasteiger partial charge is 0.238 e. The first-order valence-corrected chi connectivity index (χ1v) is 6.48. The average molecular weight is 264 g/mol. The number of ether oxygens (including phenoxy) is 1. The SMILES string of the molecule is COc1ccc(C)cc1C(C)NC(C)C(=O)N(C)C. The molecule has 0 heterocycles. The van der Waals surface area contributed by atoms with E-state index >= 15 is 0 Å². The van der Waals surface area contributed by atoms with Crippen LogP contribution < -0.4 is 10.1 Å². The first kappa shape index (κ1) is 15.5. The molecule has 0 aliphatic heterocycles. The highest BCUT2D eigenvalue weighted by atomic mass is 16.5. The maximum absolute atomic E-state index is 11.9. The van der Waals surface area contributed by atoms with Crippen LogP contribution in [0.1, 0.15) is 31.0 Å². The zero-order valence-electron chi connectivity index (χ0n) is 12.7. The van der Waals surface area contributed by atoms with Crippen LogP contribution in [0.5, 0.6) is 5.75 Å². The van der Waals surface area contributed by atoms with E-state index in [0.29, 0.717) is 0 Å². The summed E-state index contributed by atoms with van der Waals surface area (Å²) < 4.78 is 5.38. The predicted molar refractivity (Wildman–Crippen MR) is 77.4 cm³/mol. The quantitative estimate of drug-likeness (QED) is 0.886. The second-order valence-electron chi connectivity index (χ2n) is 5.09. The van der Waals surface area contributed by atoms with E-state index in [1.165, 1.54) is 5.56 Å². The lowest BCUT2D eigenvalue weighted by Crippen LogP contribution is -2.42. The van der Waals surface area contributed by atoms with Gasteiger partial charge in [0.15, 0.2) is 0 Å². The van der Waals surface area contributed by atoms with E-state index in [9.17, 15) is 4.79 Å². The highest BCUT2D eigenvalue weighted by Gasteiger charge is 2.19.